The van der Waals surface area contributed by atoms with Crippen molar-refractivity contribution in [3.05, 3.63) is 182 Å². The van der Waals surface area contributed by atoms with Crippen LogP contribution >= 0.6 is 11.3 Å². The van der Waals surface area contributed by atoms with Gasteiger partial charge in [-0.3, -0.25) is 0 Å². The van der Waals surface area contributed by atoms with Gasteiger partial charge in [0, 0.05) is 58.7 Å². The minimum Gasteiger partial charge on any atom is -0.455 e. The molecule has 0 N–H and O–H groups in total. The first-order valence-corrected chi connectivity index (χ1v) is 19.8. The van der Waals surface area contributed by atoms with Crippen molar-refractivity contribution in [1.29, 1.82) is 0 Å². The zero-order chi connectivity index (χ0) is 37.5. The molecule has 0 aliphatic carbocycles. The summed E-state index contributed by atoms with van der Waals surface area (Å²) in [6, 6.07) is 63.7. The Bertz CT molecular complexity index is 3530. The number of benzene rings is 8. The zero-order valence-corrected chi connectivity index (χ0v) is 31.2. The molecule has 0 saturated heterocycles. The van der Waals surface area contributed by atoms with Crippen LogP contribution in [0.25, 0.3) is 115 Å². The van der Waals surface area contributed by atoms with Crippen LogP contribution < -0.4 is 0 Å². The number of nitrogens with zero attached hydrogens (tertiary/aromatic N) is 4. The van der Waals surface area contributed by atoms with E-state index in [1.807, 2.05) is 6.07 Å². The first-order valence-electron chi connectivity index (χ1n) is 19.0. The van der Waals surface area contributed by atoms with Crippen molar-refractivity contribution in [1.82, 2.24) is 19.5 Å². The molecule has 0 aliphatic rings. The van der Waals surface area contributed by atoms with Crippen molar-refractivity contribution >= 4 is 75.3 Å². The van der Waals surface area contributed by atoms with Gasteiger partial charge in [-0.1, -0.05) is 121 Å². The molecule has 12 rings (SSSR count). The van der Waals surface area contributed by atoms with E-state index in [4.69, 9.17) is 19.4 Å². The van der Waals surface area contributed by atoms with E-state index in [9.17, 15) is 0 Å². The molecule has 6 heteroatoms. The highest BCUT2D eigenvalue weighted by molar-refractivity contribution is 7.25. The van der Waals surface area contributed by atoms with E-state index in [2.05, 4.69) is 180 Å². The summed E-state index contributed by atoms with van der Waals surface area (Å²) in [6.07, 6.45) is 0. The molecule has 8 aromatic carbocycles. The van der Waals surface area contributed by atoms with E-state index in [0.717, 1.165) is 82.6 Å². The quantitative estimate of drug-likeness (QED) is 0.176. The maximum absolute atomic E-state index is 6.89. The lowest BCUT2D eigenvalue weighted by atomic mass is 10.0. The summed E-state index contributed by atoms with van der Waals surface area (Å²) >= 11 is 1.79. The Balaban J connectivity index is 1.08. The van der Waals surface area contributed by atoms with Gasteiger partial charge in [0.2, 0.25) is 0 Å². The summed E-state index contributed by atoms with van der Waals surface area (Å²) < 4.78 is 11.7. The zero-order valence-electron chi connectivity index (χ0n) is 30.4. The monoisotopic (exact) mass is 746 g/mol. The third kappa shape index (κ3) is 5.04. The second-order valence-corrected chi connectivity index (χ2v) is 15.5. The average Bonchev–Trinajstić information content (AvgIpc) is 3.96. The number of fused-ring (bicyclic) bond motifs is 10. The number of rotatable bonds is 5. The van der Waals surface area contributed by atoms with Crippen LogP contribution in [0.3, 0.4) is 0 Å². The lowest BCUT2D eigenvalue weighted by Gasteiger charge is -2.10. The van der Waals surface area contributed by atoms with Gasteiger partial charge >= 0.3 is 0 Å². The largest absolute Gasteiger partial charge is 0.455 e. The van der Waals surface area contributed by atoms with Gasteiger partial charge in [-0.25, -0.2) is 15.0 Å². The third-order valence-corrected chi connectivity index (χ3v) is 12.2. The van der Waals surface area contributed by atoms with Crippen molar-refractivity contribution in [2.45, 2.75) is 0 Å². The molecule has 0 radical (unpaired) electrons. The molecule has 12 aromatic rings. The fourth-order valence-electron chi connectivity index (χ4n) is 8.46. The molecule has 0 bridgehead atoms. The SMILES string of the molecule is c1ccc(-c2cccc(-c3nc(-c4ccc5c(c4)oc4c5ccc5c4c4ccccc4n5-c4ccccc4)nc(-c4cccc5sc6ccccc6c45)n3)c2)cc1. The predicted octanol–water partition coefficient (Wildman–Crippen LogP) is 13.9. The summed E-state index contributed by atoms with van der Waals surface area (Å²) in [5.41, 5.74) is 10.0. The first kappa shape index (κ1) is 31.9. The highest BCUT2D eigenvalue weighted by atomic mass is 32.1. The smallest absolute Gasteiger partial charge is 0.164 e. The minimum atomic E-state index is 0.588. The van der Waals surface area contributed by atoms with Gasteiger partial charge in [-0.2, -0.15) is 0 Å². The van der Waals surface area contributed by atoms with Gasteiger partial charge < -0.3 is 8.98 Å². The molecule has 0 spiro atoms. The second-order valence-electron chi connectivity index (χ2n) is 14.4. The van der Waals surface area contributed by atoms with Crippen LogP contribution in [-0.2, 0) is 0 Å². The summed E-state index contributed by atoms with van der Waals surface area (Å²) in [7, 11) is 0. The Morgan fingerprint density at radius 2 is 1.05 bits per heavy atom. The predicted molar refractivity (Wildman–Crippen MR) is 236 cm³/mol. The maximum atomic E-state index is 6.89. The Kier molecular flexibility index (Phi) is 7.03. The summed E-state index contributed by atoms with van der Waals surface area (Å²) in [5, 5.41) is 6.74. The maximum Gasteiger partial charge on any atom is 0.164 e. The lowest BCUT2D eigenvalue weighted by Crippen LogP contribution is -2.00. The standard InChI is InChI=1S/C51H30N4OS/c1-3-13-31(14-4-1)32-15-11-16-33(29-32)49-52-50(54-51(53-49)40-21-12-24-45-46(40)39-20-8-10-23-44(39)57-45)34-25-26-36-37-27-28-42-47(48(37)56-43(36)30-34)38-19-7-9-22-41(38)55(42)35-17-5-2-6-18-35/h1-30H. The van der Waals surface area contributed by atoms with Crippen molar-refractivity contribution in [3.63, 3.8) is 0 Å². The molecule has 266 valence electrons. The average molecular weight is 747 g/mol. The van der Waals surface area contributed by atoms with Crippen molar-refractivity contribution in [3.8, 4) is 51.0 Å². The van der Waals surface area contributed by atoms with Crippen LogP contribution in [0.1, 0.15) is 0 Å². The Labute approximate surface area is 330 Å². The van der Waals surface area contributed by atoms with Crippen LogP contribution in [0.15, 0.2) is 186 Å². The Hall–Kier alpha value is -7.41. The van der Waals surface area contributed by atoms with Gasteiger partial charge in [0.25, 0.3) is 0 Å². The van der Waals surface area contributed by atoms with E-state index in [0.29, 0.717) is 17.5 Å². The van der Waals surface area contributed by atoms with E-state index < -0.39 is 0 Å². The topological polar surface area (TPSA) is 56.7 Å². The minimum absolute atomic E-state index is 0.588. The number of hydrogen-bond donors (Lipinski definition) is 0. The van der Waals surface area contributed by atoms with Gasteiger partial charge in [0.1, 0.15) is 11.2 Å². The van der Waals surface area contributed by atoms with Crippen molar-refractivity contribution in [2.24, 2.45) is 0 Å². The van der Waals surface area contributed by atoms with Gasteiger partial charge in [-0.05, 0) is 71.8 Å². The van der Waals surface area contributed by atoms with Crippen molar-refractivity contribution in [2.75, 3.05) is 0 Å². The van der Waals surface area contributed by atoms with Crippen LogP contribution in [0.5, 0.6) is 0 Å². The number of para-hydroxylation sites is 2. The third-order valence-electron chi connectivity index (χ3n) is 11.1. The van der Waals surface area contributed by atoms with Crippen LogP contribution in [-0.4, -0.2) is 19.5 Å². The van der Waals surface area contributed by atoms with Gasteiger partial charge in [0.05, 0.1) is 16.4 Å². The summed E-state index contributed by atoms with van der Waals surface area (Å²) in [5.74, 6) is 1.84. The van der Waals surface area contributed by atoms with Crippen molar-refractivity contribution < 1.29 is 4.42 Å². The van der Waals surface area contributed by atoms with E-state index >= 15 is 0 Å². The number of furan rings is 1. The Morgan fingerprint density at radius 1 is 0.404 bits per heavy atom. The van der Waals surface area contributed by atoms with E-state index in [-0.39, 0.29) is 0 Å². The summed E-state index contributed by atoms with van der Waals surface area (Å²) in [6.45, 7) is 0. The number of aromatic nitrogens is 4. The van der Waals surface area contributed by atoms with E-state index in [1.165, 1.54) is 14.8 Å². The highest BCUT2D eigenvalue weighted by Crippen LogP contribution is 2.43. The summed E-state index contributed by atoms with van der Waals surface area (Å²) in [4.78, 5) is 15.6. The molecule has 4 aromatic heterocycles. The second kappa shape index (κ2) is 12.6. The molecule has 57 heavy (non-hydrogen) atoms. The number of hydrogen-bond acceptors (Lipinski definition) is 5. The molecular formula is C51H30N4OS. The van der Waals surface area contributed by atoms with Crippen LogP contribution in [0, 0.1) is 0 Å². The van der Waals surface area contributed by atoms with Gasteiger partial charge in [0.15, 0.2) is 17.5 Å². The highest BCUT2D eigenvalue weighted by Gasteiger charge is 2.21. The van der Waals surface area contributed by atoms with Crippen LogP contribution in [0.2, 0.25) is 0 Å². The van der Waals surface area contributed by atoms with Gasteiger partial charge in [-0.15, -0.1) is 11.3 Å². The molecular weight excluding hydrogens is 717 g/mol. The number of thiophene rings is 1. The molecule has 0 unspecified atom stereocenters. The molecule has 0 saturated carbocycles. The molecule has 0 amide bonds. The van der Waals surface area contributed by atoms with Crippen LogP contribution in [0.4, 0.5) is 0 Å². The normalized spacial score (nSPS) is 11.9. The fraction of sp³-hybridized carbons (Fsp3) is 0. The molecule has 5 nitrogen and oxygen atoms in total. The molecule has 0 aliphatic heterocycles. The molecule has 4 heterocycles. The molecule has 0 fully saturated rings. The fourth-order valence-corrected chi connectivity index (χ4v) is 9.60. The Morgan fingerprint density at radius 3 is 1.91 bits per heavy atom. The molecule has 0 atom stereocenters. The lowest BCUT2D eigenvalue weighted by molar-refractivity contribution is 0.673. The first-order chi connectivity index (χ1) is 28.2. The van der Waals surface area contributed by atoms with E-state index in [1.54, 1.807) is 11.3 Å².